The first kappa shape index (κ1) is 24.0. The molecule has 3 heterocycles. The van der Waals surface area contributed by atoms with Crippen molar-refractivity contribution in [2.45, 2.75) is 31.7 Å². The molecule has 4 aromatic rings. The van der Waals surface area contributed by atoms with Crippen molar-refractivity contribution in [1.29, 1.82) is 0 Å². The summed E-state index contributed by atoms with van der Waals surface area (Å²) in [4.78, 5) is 37.6. The molecule has 2 aromatic carbocycles. The first-order valence-corrected chi connectivity index (χ1v) is 12.7. The van der Waals surface area contributed by atoms with Gasteiger partial charge in [0.25, 0.3) is 5.56 Å². The molecule has 1 aliphatic carbocycles. The maximum atomic E-state index is 13.5. The second-order valence-electron chi connectivity index (χ2n) is 9.56. The summed E-state index contributed by atoms with van der Waals surface area (Å²) >= 11 is 0. The number of hydrogen-bond acceptors (Lipinski definition) is 8. The fourth-order valence-electron chi connectivity index (χ4n) is 5.52. The number of ether oxygens (including phenoxy) is 2. The summed E-state index contributed by atoms with van der Waals surface area (Å²) in [6.45, 7) is 0.609. The van der Waals surface area contributed by atoms with Gasteiger partial charge in [0, 0.05) is 20.0 Å². The lowest BCUT2D eigenvalue weighted by molar-refractivity contribution is 0.0600. The number of rotatable bonds is 5. The van der Waals surface area contributed by atoms with Gasteiger partial charge in [0.15, 0.2) is 5.69 Å². The molecule has 2 aromatic heterocycles. The van der Waals surface area contributed by atoms with E-state index in [0.717, 1.165) is 47.4 Å². The first-order valence-electron chi connectivity index (χ1n) is 12.7. The normalized spacial score (nSPS) is 16.2. The van der Waals surface area contributed by atoms with E-state index in [1.54, 1.807) is 13.1 Å². The molecule has 194 valence electrons. The number of fused-ring (bicyclic) bond motifs is 2. The van der Waals surface area contributed by atoms with Crippen LogP contribution < -0.4 is 15.2 Å². The average molecular weight is 513 g/mol. The quantitative estimate of drug-likeness (QED) is 0.372. The van der Waals surface area contributed by atoms with Crippen LogP contribution in [0.3, 0.4) is 0 Å². The predicted molar refractivity (Wildman–Crippen MR) is 141 cm³/mol. The van der Waals surface area contributed by atoms with E-state index in [2.05, 4.69) is 9.88 Å². The number of aromatic nitrogens is 3. The van der Waals surface area contributed by atoms with Gasteiger partial charge in [-0.25, -0.2) is 14.8 Å². The van der Waals surface area contributed by atoms with E-state index in [9.17, 15) is 9.59 Å². The van der Waals surface area contributed by atoms with Crippen LogP contribution in [-0.4, -0.2) is 41.3 Å². The van der Waals surface area contributed by atoms with E-state index in [4.69, 9.17) is 18.9 Å². The summed E-state index contributed by atoms with van der Waals surface area (Å²) in [5.74, 6) is 1.30. The van der Waals surface area contributed by atoms with E-state index in [-0.39, 0.29) is 17.4 Å². The zero-order valence-electron chi connectivity index (χ0n) is 21.6. The summed E-state index contributed by atoms with van der Waals surface area (Å²) in [5, 5.41) is 0. The maximum absolute atomic E-state index is 13.5. The van der Waals surface area contributed by atoms with Gasteiger partial charge in [0.2, 0.25) is 17.6 Å². The van der Waals surface area contributed by atoms with Crippen LogP contribution in [0.5, 0.6) is 5.75 Å². The summed E-state index contributed by atoms with van der Waals surface area (Å²) in [7, 11) is 4.52. The third-order valence-electron chi connectivity index (χ3n) is 7.40. The van der Waals surface area contributed by atoms with Crippen LogP contribution in [0.1, 0.15) is 51.0 Å². The number of esters is 1. The number of methoxy groups -OCH3 is 2. The summed E-state index contributed by atoms with van der Waals surface area (Å²) in [6.07, 6.45) is 3.39. The standard InChI is InChI=1S/C29H28N4O5/c1-32-27(34)25(36-2)23(26-30-21-10-7-11-22(21)38-26)31-29(32)33-15-14-17-12-13-19(28(35)37-3)16-20(17)24(33)18-8-5-4-6-9-18/h4-6,8-9,12-13,16,24H,7,10-11,14-15H2,1-3H3/t24-/m1/s1. The molecule has 9 nitrogen and oxygen atoms in total. The van der Waals surface area contributed by atoms with Crippen molar-refractivity contribution >= 4 is 11.9 Å². The Kier molecular flexibility index (Phi) is 5.98. The Morgan fingerprint density at radius 3 is 2.61 bits per heavy atom. The first-order chi connectivity index (χ1) is 18.5. The summed E-state index contributed by atoms with van der Waals surface area (Å²) in [5.41, 5.74) is 4.46. The molecule has 1 aliphatic heterocycles. The number of anilines is 1. The predicted octanol–water partition coefficient (Wildman–Crippen LogP) is 3.87. The van der Waals surface area contributed by atoms with Crippen molar-refractivity contribution < 1.29 is 18.7 Å². The SMILES string of the molecule is COC(=O)c1ccc2c(c1)[C@@H](c1ccccc1)N(c1nc(-c3nc4c(o3)CCC4)c(OC)c(=O)n1C)CC2. The number of benzene rings is 2. The molecule has 0 saturated carbocycles. The topological polar surface area (TPSA) is 99.7 Å². The lowest BCUT2D eigenvalue weighted by Crippen LogP contribution is -2.40. The molecule has 0 saturated heterocycles. The van der Waals surface area contributed by atoms with Gasteiger partial charge in [-0.05, 0) is 48.1 Å². The number of hydrogen-bond donors (Lipinski definition) is 0. The highest BCUT2D eigenvalue weighted by molar-refractivity contribution is 5.89. The highest BCUT2D eigenvalue weighted by Crippen LogP contribution is 2.39. The largest absolute Gasteiger partial charge is 0.489 e. The second kappa shape index (κ2) is 9.48. The van der Waals surface area contributed by atoms with Crippen molar-refractivity contribution in [2.24, 2.45) is 7.05 Å². The van der Waals surface area contributed by atoms with Gasteiger partial charge in [-0.15, -0.1) is 0 Å². The molecule has 1 atom stereocenters. The zero-order chi connectivity index (χ0) is 26.4. The van der Waals surface area contributed by atoms with Crippen LogP contribution in [0.15, 0.2) is 57.7 Å². The Morgan fingerprint density at radius 2 is 1.87 bits per heavy atom. The molecule has 0 fully saturated rings. The monoisotopic (exact) mass is 512 g/mol. The molecule has 0 bridgehead atoms. The molecule has 2 aliphatic rings. The van der Waals surface area contributed by atoms with Crippen molar-refractivity contribution in [1.82, 2.24) is 14.5 Å². The summed E-state index contributed by atoms with van der Waals surface area (Å²) < 4.78 is 18.0. The number of nitrogens with zero attached hydrogens (tertiary/aromatic N) is 4. The lowest BCUT2D eigenvalue weighted by Gasteiger charge is -2.39. The number of aryl methyl sites for hydroxylation is 2. The molecule has 0 spiro atoms. The molecule has 6 rings (SSSR count). The lowest BCUT2D eigenvalue weighted by atomic mass is 9.87. The fraction of sp³-hybridized carbons (Fsp3) is 0.310. The van der Waals surface area contributed by atoms with E-state index < -0.39 is 5.97 Å². The van der Waals surface area contributed by atoms with Gasteiger partial charge in [-0.3, -0.25) is 9.36 Å². The molecule has 0 amide bonds. The van der Waals surface area contributed by atoms with Gasteiger partial charge in [0.1, 0.15) is 5.76 Å². The molecule has 9 heteroatoms. The van der Waals surface area contributed by atoms with Gasteiger partial charge in [0.05, 0.1) is 31.5 Å². The van der Waals surface area contributed by atoms with Crippen LogP contribution in [0.2, 0.25) is 0 Å². The molecular weight excluding hydrogens is 484 g/mol. The average Bonchev–Trinajstić information content (AvgIpc) is 3.56. The number of carbonyl (C=O) groups excluding carboxylic acids is 1. The Balaban J connectivity index is 1.54. The third kappa shape index (κ3) is 3.86. The zero-order valence-corrected chi connectivity index (χ0v) is 21.6. The minimum Gasteiger partial charge on any atom is -0.489 e. The maximum Gasteiger partial charge on any atom is 0.337 e. The molecule has 0 radical (unpaired) electrons. The summed E-state index contributed by atoms with van der Waals surface area (Å²) in [6, 6.07) is 15.4. The van der Waals surface area contributed by atoms with E-state index in [1.807, 2.05) is 42.5 Å². The Labute approximate surface area is 219 Å². The second-order valence-corrected chi connectivity index (χ2v) is 9.56. The smallest absolute Gasteiger partial charge is 0.337 e. The Hall–Kier alpha value is -4.40. The van der Waals surface area contributed by atoms with Crippen LogP contribution >= 0.6 is 0 Å². The van der Waals surface area contributed by atoms with Gasteiger partial charge >= 0.3 is 5.97 Å². The Morgan fingerprint density at radius 1 is 1.05 bits per heavy atom. The van der Waals surface area contributed by atoms with E-state index in [1.165, 1.54) is 18.8 Å². The van der Waals surface area contributed by atoms with Gasteiger partial charge in [-0.1, -0.05) is 36.4 Å². The minimum absolute atomic E-state index is 0.0952. The van der Waals surface area contributed by atoms with Crippen LogP contribution in [0.25, 0.3) is 11.6 Å². The van der Waals surface area contributed by atoms with E-state index in [0.29, 0.717) is 36.1 Å². The molecular formula is C29H28N4O5. The van der Waals surface area contributed by atoms with Gasteiger partial charge < -0.3 is 18.8 Å². The van der Waals surface area contributed by atoms with Gasteiger partial charge in [-0.2, -0.15) is 0 Å². The molecule has 0 N–H and O–H groups in total. The highest BCUT2D eigenvalue weighted by atomic mass is 16.5. The molecule has 0 unspecified atom stereocenters. The Bertz CT molecular complexity index is 1570. The number of carbonyl (C=O) groups is 1. The van der Waals surface area contributed by atoms with Crippen LogP contribution in [-0.2, 0) is 31.0 Å². The molecule has 38 heavy (non-hydrogen) atoms. The van der Waals surface area contributed by atoms with Crippen LogP contribution in [0, 0.1) is 0 Å². The van der Waals surface area contributed by atoms with Crippen molar-refractivity contribution in [3.8, 4) is 17.3 Å². The van der Waals surface area contributed by atoms with Crippen molar-refractivity contribution in [2.75, 3.05) is 25.7 Å². The highest BCUT2D eigenvalue weighted by Gasteiger charge is 2.34. The van der Waals surface area contributed by atoms with Crippen molar-refractivity contribution in [3.05, 3.63) is 92.6 Å². The van der Waals surface area contributed by atoms with Crippen molar-refractivity contribution in [3.63, 3.8) is 0 Å². The van der Waals surface area contributed by atoms with E-state index >= 15 is 0 Å². The third-order valence-corrected chi connectivity index (χ3v) is 7.40. The fourth-order valence-corrected chi connectivity index (χ4v) is 5.52. The van der Waals surface area contributed by atoms with Crippen LogP contribution in [0.4, 0.5) is 5.95 Å². The minimum atomic E-state index is -0.397. The number of oxazole rings is 1.